The van der Waals surface area contributed by atoms with Crippen LogP contribution in [0.15, 0.2) is 60.9 Å². The molecule has 1 amide bonds. The molecule has 0 aliphatic rings. The number of carbonyl (C=O) groups is 2. The normalized spacial score (nSPS) is 13.5. The molecule has 4 rings (SSSR count). The molecule has 1 unspecified atom stereocenters. The van der Waals surface area contributed by atoms with Crippen LogP contribution in [-0.4, -0.2) is 64.1 Å². The van der Waals surface area contributed by atoms with Crippen molar-refractivity contribution in [3.63, 3.8) is 0 Å². The van der Waals surface area contributed by atoms with E-state index in [4.69, 9.17) is 9.47 Å². The van der Waals surface area contributed by atoms with Crippen LogP contribution in [-0.2, 0) is 16.6 Å². The number of halogens is 1. The number of aromatic nitrogens is 2. The van der Waals surface area contributed by atoms with Gasteiger partial charge in [0.2, 0.25) is 0 Å². The minimum atomic E-state index is -1.34. The van der Waals surface area contributed by atoms with E-state index in [1.54, 1.807) is 30.6 Å². The number of aliphatic hydroxyl groups is 1. The van der Waals surface area contributed by atoms with Crippen LogP contribution in [0.3, 0.4) is 0 Å². The van der Waals surface area contributed by atoms with Crippen LogP contribution in [0.4, 0.5) is 4.39 Å². The second-order valence-electron chi connectivity index (χ2n) is 13.0. The minimum absolute atomic E-state index is 0.0423. The number of aliphatic hydroxyl groups excluding tert-OH is 1. The summed E-state index contributed by atoms with van der Waals surface area (Å²) in [6, 6.07) is 12.3. The zero-order chi connectivity index (χ0) is 35.2. The van der Waals surface area contributed by atoms with Crippen molar-refractivity contribution in [3.8, 4) is 34.0 Å². The highest BCUT2D eigenvalue weighted by molar-refractivity contribution is 7.14. The number of ether oxygens (including phenoxy) is 2. The van der Waals surface area contributed by atoms with Crippen LogP contribution < -0.4 is 20.1 Å². The first-order valence-corrected chi connectivity index (χ1v) is 16.5. The van der Waals surface area contributed by atoms with Gasteiger partial charge in [-0.1, -0.05) is 58.9 Å². The largest absolute Gasteiger partial charge is 0.493 e. The van der Waals surface area contributed by atoms with Crippen molar-refractivity contribution in [3.05, 3.63) is 82.1 Å². The van der Waals surface area contributed by atoms with Crippen molar-refractivity contribution < 1.29 is 33.7 Å². The van der Waals surface area contributed by atoms with E-state index in [9.17, 15) is 19.8 Å². The predicted molar refractivity (Wildman–Crippen MR) is 184 cm³/mol. The van der Waals surface area contributed by atoms with Crippen LogP contribution in [0.1, 0.15) is 61.7 Å². The topological polar surface area (TPSA) is 143 Å². The van der Waals surface area contributed by atoms with Gasteiger partial charge < -0.3 is 25.0 Å². The molecular formula is C36H43FN4O6S. The van der Waals surface area contributed by atoms with E-state index >= 15 is 4.39 Å². The number of carbonyl (C=O) groups excluding carboxylic acids is 1. The molecule has 2 aromatic heterocycles. The van der Waals surface area contributed by atoms with E-state index in [0.717, 1.165) is 10.4 Å². The van der Waals surface area contributed by atoms with Crippen LogP contribution in [0.5, 0.6) is 11.5 Å². The molecule has 3 atom stereocenters. The Labute approximate surface area is 284 Å². The lowest BCUT2D eigenvalue weighted by atomic mass is 9.95. The summed E-state index contributed by atoms with van der Waals surface area (Å²) in [7, 11) is 1.46. The maximum absolute atomic E-state index is 15.5. The first-order chi connectivity index (χ1) is 22.7. The summed E-state index contributed by atoms with van der Waals surface area (Å²) in [6.07, 6.45) is 1.95. The zero-order valence-electron chi connectivity index (χ0n) is 28.2. The third-order valence-electron chi connectivity index (χ3n) is 7.53. The lowest BCUT2D eigenvalue weighted by molar-refractivity contribution is -0.140. The molecule has 2 aromatic carbocycles. The van der Waals surface area contributed by atoms with Gasteiger partial charge in [-0.05, 0) is 54.5 Å². The summed E-state index contributed by atoms with van der Waals surface area (Å²) < 4.78 is 26.5. The van der Waals surface area contributed by atoms with Crippen LogP contribution in [0.2, 0.25) is 0 Å². The van der Waals surface area contributed by atoms with Gasteiger partial charge in [-0.3, -0.25) is 14.9 Å². The summed E-state index contributed by atoms with van der Waals surface area (Å²) in [5, 5.41) is 25.8. The van der Waals surface area contributed by atoms with E-state index in [2.05, 4.69) is 41.4 Å². The second kappa shape index (κ2) is 15.7. The van der Waals surface area contributed by atoms with Crippen LogP contribution in [0.25, 0.3) is 22.5 Å². The van der Waals surface area contributed by atoms with Gasteiger partial charge in [0, 0.05) is 34.0 Å². The highest BCUT2D eigenvalue weighted by Gasteiger charge is 2.27. The number of hydrogen-bond donors (Lipinski definition) is 4. The van der Waals surface area contributed by atoms with E-state index in [1.165, 1.54) is 25.4 Å². The van der Waals surface area contributed by atoms with Crippen LogP contribution in [0, 0.1) is 11.7 Å². The molecule has 12 heteroatoms. The number of nitrogens with zero attached hydrogens (tertiary/aromatic N) is 2. The molecule has 0 aliphatic heterocycles. The molecule has 0 bridgehead atoms. The monoisotopic (exact) mass is 678 g/mol. The number of benzene rings is 2. The average Bonchev–Trinajstić information content (AvgIpc) is 3.56. The Morgan fingerprint density at radius 2 is 1.65 bits per heavy atom. The molecular weight excluding hydrogens is 635 g/mol. The average molecular weight is 679 g/mol. The molecule has 0 saturated heterocycles. The Morgan fingerprint density at radius 3 is 2.21 bits per heavy atom. The Hall–Kier alpha value is -4.39. The Morgan fingerprint density at radius 1 is 0.979 bits per heavy atom. The first-order valence-electron chi connectivity index (χ1n) is 15.7. The maximum atomic E-state index is 15.5. The number of methoxy groups -OCH3 is 1. The third kappa shape index (κ3) is 9.15. The van der Waals surface area contributed by atoms with Crippen molar-refractivity contribution in [2.24, 2.45) is 5.92 Å². The number of aliphatic carboxylic acids is 1. The number of nitrogens with one attached hydrogen (secondary N) is 2. The molecule has 0 saturated carbocycles. The van der Waals surface area contributed by atoms with E-state index in [0.29, 0.717) is 34.2 Å². The number of hydrogen-bond acceptors (Lipinski definition) is 9. The molecule has 0 spiro atoms. The van der Waals surface area contributed by atoms with Crippen molar-refractivity contribution in [2.75, 3.05) is 13.7 Å². The standard InChI is InChI=1S/C36H43FN4O6S/c1-20(2)19-47-31-27(46-7)13-12-25(30(31)37)24-17-38-32(39-18-24)23-10-8-22(9-11-23)16-26(33(42)40-21(3)35(44)45)41-34(43)28-14-15-29(48-28)36(4,5)6/h8-15,17-18,20-21,26,33,40,42H,16,19H2,1-7H3,(H,41,43)(H,44,45)/t21-,26+,33?/m1/s1. The maximum Gasteiger partial charge on any atom is 0.320 e. The van der Waals surface area contributed by atoms with E-state index < -0.39 is 30.1 Å². The van der Waals surface area contributed by atoms with Crippen molar-refractivity contribution >= 4 is 23.2 Å². The van der Waals surface area contributed by atoms with Gasteiger partial charge in [-0.25, -0.2) is 14.4 Å². The molecule has 4 N–H and O–H groups in total. The molecule has 48 heavy (non-hydrogen) atoms. The quantitative estimate of drug-likeness (QED) is 0.117. The second-order valence-corrected chi connectivity index (χ2v) is 14.1. The Bertz CT molecular complexity index is 1700. The molecule has 0 fully saturated rings. The molecule has 0 radical (unpaired) electrons. The number of carboxylic acid groups (broad SMARTS) is 1. The molecule has 256 valence electrons. The number of thiophene rings is 1. The minimum Gasteiger partial charge on any atom is -0.493 e. The highest BCUT2D eigenvalue weighted by atomic mass is 32.1. The fraction of sp³-hybridized carbons (Fsp3) is 0.389. The fourth-order valence-corrected chi connectivity index (χ4v) is 5.72. The molecule has 10 nitrogen and oxygen atoms in total. The lowest BCUT2D eigenvalue weighted by Crippen LogP contribution is -2.54. The smallest absolute Gasteiger partial charge is 0.320 e. The van der Waals surface area contributed by atoms with Crippen molar-refractivity contribution in [1.82, 2.24) is 20.6 Å². The zero-order valence-corrected chi connectivity index (χ0v) is 29.0. The third-order valence-corrected chi connectivity index (χ3v) is 9.04. The van der Waals surface area contributed by atoms with Crippen molar-refractivity contribution in [2.45, 2.75) is 71.7 Å². The number of rotatable bonds is 14. The van der Waals surface area contributed by atoms with E-state index in [1.807, 2.05) is 44.2 Å². The van der Waals surface area contributed by atoms with Gasteiger partial charge in [0.15, 0.2) is 23.1 Å². The SMILES string of the molecule is COc1ccc(-c2cnc(-c3ccc(C[C@H](NC(=O)c4ccc(C(C)(C)C)s4)C(O)N[C@H](C)C(=O)O)cc3)nc2)c(F)c1OCC(C)C. The first kappa shape index (κ1) is 36.4. The van der Waals surface area contributed by atoms with Gasteiger partial charge in [0.05, 0.1) is 24.6 Å². The number of amides is 1. The Balaban J connectivity index is 1.51. The van der Waals surface area contributed by atoms with Gasteiger partial charge in [-0.15, -0.1) is 11.3 Å². The Kier molecular flexibility index (Phi) is 11.9. The molecule has 2 heterocycles. The van der Waals surface area contributed by atoms with Gasteiger partial charge in [-0.2, -0.15) is 0 Å². The number of carboxylic acids is 1. The summed E-state index contributed by atoms with van der Waals surface area (Å²) in [5.74, 6) is -1.08. The highest BCUT2D eigenvalue weighted by Crippen LogP contribution is 2.37. The summed E-state index contributed by atoms with van der Waals surface area (Å²) in [5.41, 5.74) is 2.12. The van der Waals surface area contributed by atoms with Crippen LogP contribution >= 0.6 is 11.3 Å². The summed E-state index contributed by atoms with van der Waals surface area (Å²) in [6.45, 7) is 11.9. The predicted octanol–water partition coefficient (Wildman–Crippen LogP) is 6.07. The van der Waals surface area contributed by atoms with E-state index in [-0.39, 0.29) is 35.0 Å². The fourth-order valence-electron chi connectivity index (χ4n) is 4.75. The molecule has 4 aromatic rings. The van der Waals surface area contributed by atoms with Gasteiger partial charge >= 0.3 is 5.97 Å². The lowest BCUT2D eigenvalue weighted by Gasteiger charge is -2.26. The molecule has 0 aliphatic carbocycles. The van der Waals surface area contributed by atoms with Gasteiger partial charge in [0.1, 0.15) is 12.3 Å². The van der Waals surface area contributed by atoms with Gasteiger partial charge in [0.25, 0.3) is 5.91 Å². The van der Waals surface area contributed by atoms with Crippen molar-refractivity contribution in [1.29, 1.82) is 0 Å². The summed E-state index contributed by atoms with van der Waals surface area (Å²) in [4.78, 5) is 35.1. The summed E-state index contributed by atoms with van der Waals surface area (Å²) >= 11 is 1.38.